The van der Waals surface area contributed by atoms with Crippen molar-refractivity contribution in [2.45, 2.75) is 6.11 Å². The average Bonchev–Trinajstić information content (AvgIpc) is 2.30. The monoisotopic (exact) mass is 245 g/mol. The Labute approximate surface area is 93.6 Å². The maximum Gasteiger partial charge on any atom is 0.483 e. The number of nitrogens with zero attached hydrogens (tertiary/aromatic N) is 1. The topological polar surface area (TPSA) is 88.1 Å². The van der Waals surface area contributed by atoms with Gasteiger partial charge in [-0.3, -0.25) is 10.2 Å². The molecule has 1 amide bonds. The molecule has 0 aliphatic carbocycles. The minimum Gasteiger partial charge on any atom is -0.422 e. The van der Waals surface area contributed by atoms with Gasteiger partial charge in [0.15, 0.2) is 11.6 Å². The first-order chi connectivity index (χ1) is 7.90. The molecule has 0 atom stereocenters. The van der Waals surface area contributed by atoms with E-state index >= 15 is 0 Å². The number of nitrogens with two attached hydrogens (primary N) is 1. The number of alkyl halides is 2. The summed E-state index contributed by atoms with van der Waals surface area (Å²) in [5.74, 6) is 0.534. The molecule has 3 N–H and O–H groups in total. The molecule has 1 aromatic rings. The molecule has 0 aromatic heterocycles. The van der Waals surface area contributed by atoms with Crippen molar-refractivity contribution in [2.75, 3.05) is 0 Å². The fourth-order valence-corrected chi connectivity index (χ4v) is 0.922. The SMILES string of the molecule is N#Cc1ccc(OC(F)(F)C(=O)NN)c(F)c1. The van der Waals surface area contributed by atoms with Crippen LogP contribution in [0.2, 0.25) is 0 Å². The highest BCUT2D eigenvalue weighted by Crippen LogP contribution is 2.25. The Morgan fingerprint density at radius 2 is 2.18 bits per heavy atom. The highest BCUT2D eigenvalue weighted by molar-refractivity contribution is 5.81. The van der Waals surface area contributed by atoms with Gasteiger partial charge in [0.25, 0.3) is 0 Å². The van der Waals surface area contributed by atoms with Gasteiger partial charge in [-0.1, -0.05) is 0 Å². The van der Waals surface area contributed by atoms with Gasteiger partial charge >= 0.3 is 12.0 Å². The predicted molar refractivity (Wildman–Crippen MR) is 49.0 cm³/mol. The minimum absolute atomic E-state index is 0.0681. The van der Waals surface area contributed by atoms with E-state index in [4.69, 9.17) is 5.26 Å². The Balaban J connectivity index is 2.97. The number of ether oxygens (including phenoxy) is 1. The Bertz CT molecular complexity index is 485. The fourth-order valence-electron chi connectivity index (χ4n) is 0.922. The number of halogens is 3. The second kappa shape index (κ2) is 4.71. The average molecular weight is 245 g/mol. The Morgan fingerprint density at radius 3 is 2.65 bits per heavy atom. The summed E-state index contributed by atoms with van der Waals surface area (Å²) < 4.78 is 42.9. The summed E-state index contributed by atoms with van der Waals surface area (Å²) in [6, 6.07) is 4.19. The lowest BCUT2D eigenvalue weighted by atomic mass is 10.2. The molecule has 17 heavy (non-hydrogen) atoms. The summed E-state index contributed by atoms with van der Waals surface area (Å²) in [6.07, 6.45) is -4.30. The minimum atomic E-state index is -4.30. The molecule has 0 saturated heterocycles. The van der Waals surface area contributed by atoms with E-state index in [1.54, 1.807) is 6.07 Å². The van der Waals surface area contributed by atoms with Gasteiger partial charge in [-0.05, 0) is 18.2 Å². The van der Waals surface area contributed by atoms with E-state index in [-0.39, 0.29) is 5.56 Å². The van der Waals surface area contributed by atoms with Crippen molar-refractivity contribution in [3.05, 3.63) is 29.6 Å². The summed E-state index contributed by atoms with van der Waals surface area (Å²) in [5, 5.41) is 8.43. The first-order valence-corrected chi connectivity index (χ1v) is 4.18. The Hall–Kier alpha value is -2.27. The van der Waals surface area contributed by atoms with Crippen molar-refractivity contribution in [3.63, 3.8) is 0 Å². The normalized spacial score (nSPS) is 10.5. The number of carbonyl (C=O) groups excluding carboxylic acids is 1. The van der Waals surface area contributed by atoms with E-state index in [9.17, 15) is 18.0 Å². The molecule has 0 saturated carbocycles. The summed E-state index contributed by atoms with van der Waals surface area (Å²) >= 11 is 0. The van der Waals surface area contributed by atoms with Crippen LogP contribution in [0.4, 0.5) is 13.2 Å². The highest BCUT2D eigenvalue weighted by atomic mass is 19.3. The molecule has 90 valence electrons. The Kier molecular flexibility index (Phi) is 3.55. The molecule has 0 unspecified atom stereocenters. The van der Waals surface area contributed by atoms with Gasteiger partial charge in [-0.2, -0.15) is 14.0 Å². The van der Waals surface area contributed by atoms with Crippen LogP contribution in [-0.2, 0) is 4.79 Å². The summed E-state index contributed by atoms with van der Waals surface area (Å²) in [6.45, 7) is 0. The third kappa shape index (κ3) is 2.85. The number of amides is 1. The lowest BCUT2D eigenvalue weighted by Gasteiger charge is -2.16. The van der Waals surface area contributed by atoms with Gasteiger partial charge < -0.3 is 4.74 Å². The zero-order valence-electron chi connectivity index (χ0n) is 8.21. The predicted octanol–water partition coefficient (Wildman–Crippen LogP) is 0.659. The third-order valence-electron chi connectivity index (χ3n) is 1.69. The second-order valence-corrected chi connectivity index (χ2v) is 2.85. The van der Waals surface area contributed by atoms with E-state index in [2.05, 4.69) is 10.6 Å². The zero-order chi connectivity index (χ0) is 13.1. The van der Waals surface area contributed by atoms with Crippen molar-refractivity contribution in [3.8, 4) is 11.8 Å². The molecule has 0 heterocycles. The van der Waals surface area contributed by atoms with Crippen LogP contribution in [0.25, 0.3) is 0 Å². The first-order valence-electron chi connectivity index (χ1n) is 4.18. The molecule has 1 rings (SSSR count). The lowest BCUT2D eigenvalue weighted by molar-refractivity contribution is -0.193. The molecule has 0 radical (unpaired) electrons. The molecule has 0 spiro atoms. The van der Waals surface area contributed by atoms with Gasteiger partial charge in [0.05, 0.1) is 11.6 Å². The van der Waals surface area contributed by atoms with Gasteiger partial charge in [0.2, 0.25) is 0 Å². The van der Waals surface area contributed by atoms with Crippen LogP contribution in [0.3, 0.4) is 0 Å². The second-order valence-electron chi connectivity index (χ2n) is 2.85. The summed E-state index contributed by atoms with van der Waals surface area (Å²) in [4.78, 5) is 10.6. The molecule has 0 fully saturated rings. The Morgan fingerprint density at radius 1 is 1.53 bits per heavy atom. The van der Waals surface area contributed by atoms with Crippen molar-refractivity contribution in [2.24, 2.45) is 5.84 Å². The summed E-state index contributed by atoms with van der Waals surface area (Å²) in [7, 11) is 0. The molecular formula is C9H6F3N3O2. The van der Waals surface area contributed by atoms with Crippen LogP contribution in [0.15, 0.2) is 18.2 Å². The molecule has 0 aliphatic rings. The van der Waals surface area contributed by atoms with Crippen LogP contribution in [0.1, 0.15) is 5.56 Å². The molecular weight excluding hydrogens is 239 g/mol. The number of hydrazine groups is 1. The molecule has 5 nitrogen and oxygen atoms in total. The number of nitrogens with one attached hydrogen (secondary N) is 1. The highest BCUT2D eigenvalue weighted by Gasteiger charge is 2.42. The van der Waals surface area contributed by atoms with Crippen LogP contribution in [0, 0.1) is 17.1 Å². The van der Waals surface area contributed by atoms with Crippen LogP contribution >= 0.6 is 0 Å². The largest absolute Gasteiger partial charge is 0.483 e. The number of hydrogen-bond donors (Lipinski definition) is 2. The molecule has 0 bridgehead atoms. The smallest absolute Gasteiger partial charge is 0.422 e. The maximum atomic E-state index is 13.2. The van der Waals surface area contributed by atoms with E-state index < -0.39 is 23.6 Å². The van der Waals surface area contributed by atoms with Crippen LogP contribution in [0.5, 0.6) is 5.75 Å². The fraction of sp³-hybridized carbons (Fsp3) is 0.111. The quantitative estimate of drug-likeness (QED) is 0.465. The number of benzene rings is 1. The third-order valence-corrected chi connectivity index (χ3v) is 1.69. The number of rotatable bonds is 3. The van der Waals surface area contributed by atoms with E-state index in [0.29, 0.717) is 6.07 Å². The maximum absolute atomic E-state index is 13.2. The van der Waals surface area contributed by atoms with E-state index in [1.165, 1.54) is 5.43 Å². The van der Waals surface area contributed by atoms with Gasteiger partial charge in [0.1, 0.15) is 0 Å². The molecule has 8 heteroatoms. The van der Waals surface area contributed by atoms with Gasteiger partial charge in [-0.25, -0.2) is 10.2 Å². The van der Waals surface area contributed by atoms with Crippen molar-refractivity contribution >= 4 is 5.91 Å². The van der Waals surface area contributed by atoms with Crippen molar-refractivity contribution in [1.82, 2.24) is 5.43 Å². The first kappa shape index (κ1) is 12.8. The number of nitriles is 1. The number of hydrogen-bond acceptors (Lipinski definition) is 4. The summed E-state index contributed by atoms with van der Waals surface area (Å²) in [5.41, 5.74) is 1.11. The van der Waals surface area contributed by atoms with Gasteiger partial charge in [-0.15, -0.1) is 0 Å². The van der Waals surface area contributed by atoms with Crippen LogP contribution < -0.4 is 16.0 Å². The molecule has 0 aliphatic heterocycles. The lowest BCUT2D eigenvalue weighted by Crippen LogP contribution is -2.47. The van der Waals surface area contributed by atoms with Crippen LogP contribution in [-0.4, -0.2) is 12.0 Å². The van der Waals surface area contributed by atoms with Gasteiger partial charge in [0, 0.05) is 0 Å². The van der Waals surface area contributed by atoms with E-state index in [1.807, 2.05) is 0 Å². The zero-order valence-corrected chi connectivity index (χ0v) is 8.21. The number of carbonyl (C=O) groups is 1. The van der Waals surface area contributed by atoms with Crippen molar-refractivity contribution in [1.29, 1.82) is 5.26 Å². The molecule has 1 aromatic carbocycles. The van der Waals surface area contributed by atoms with E-state index in [0.717, 1.165) is 12.1 Å². The van der Waals surface area contributed by atoms with Crippen molar-refractivity contribution < 1.29 is 22.7 Å². The standard InChI is InChI=1S/C9H6F3N3O2/c10-6-3-5(4-13)1-2-7(6)17-9(11,12)8(16)15-14/h1-3H,14H2,(H,15,16).